The molecule has 4 aromatic rings. The first kappa shape index (κ1) is 33.2. The molecule has 0 aliphatic carbocycles. The summed E-state index contributed by atoms with van der Waals surface area (Å²) in [5.41, 5.74) is 4.92. The standard InChI is InChI=1S/C35H41N3O6Si/c1-35(2,45(5,6)42)20-19-24-7-11-26(12-8-24)28-15-17-31(38(40)41)30(21-28)37-34(39)27-13-9-25(10-14-27)23-36-29-16-18-32(43-3)33(22-29)44-4/h7-18,21-22,36,42H,19-20,23H2,1-6H3,(H,37,39). The molecule has 0 unspecified atom stereocenters. The fourth-order valence-corrected chi connectivity index (χ4v) is 5.46. The Labute approximate surface area is 265 Å². The number of hydrogen-bond donors (Lipinski definition) is 3. The van der Waals surface area contributed by atoms with Crippen LogP contribution >= 0.6 is 0 Å². The number of anilines is 2. The quantitative estimate of drug-likeness (QED) is 0.0778. The van der Waals surface area contributed by atoms with Crippen molar-refractivity contribution < 1.29 is 24.0 Å². The molecule has 1 amide bonds. The second-order valence-corrected chi connectivity index (χ2v) is 16.7. The summed E-state index contributed by atoms with van der Waals surface area (Å²) in [7, 11) is 0.879. The summed E-state index contributed by atoms with van der Waals surface area (Å²) in [5.74, 6) is 0.818. The molecule has 0 radical (unpaired) electrons. The van der Waals surface area contributed by atoms with Gasteiger partial charge in [0.25, 0.3) is 11.6 Å². The number of carbonyl (C=O) groups is 1. The van der Waals surface area contributed by atoms with Gasteiger partial charge in [-0.05, 0) is 89.6 Å². The summed E-state index contributed by atoms with van der Waals surface area (Å²) >= 11 is 0. The van der Waals surface area contributed by atoms with Crippen LogP contribution in [0, 0.1) is 10.1 Å². The van der Waals surface area contributed by atoms with Gasteiger partial charge < -0.3 is 24.9 Å². The Morgan fingerprint density at radius 3 is 2.09 bits per heavy atom. The lowest BCUT2D eigenvalue weighted by Crippen LogP contribution is -2.39. The SMILES string of the molecule is COc1ccc(NCc2ccc(C(=O)Nc3cc(-c4ccc(CCC(C)(C)[Si](C)(C)O)cc4)ccc3[N+](=O)[O-])cc2)cc1OC. The average molecular weight is 628 g/mol. The van der Waals surface area contributed by atoms with Gasteiger partial charge in [0, 0.05) is 29.9 Å². The van der Waals surface area contributed by atoms with Crippen molar-refractivity contribution in [2.24, 2.45) is 0 Å². The highest BCUT2D eigenvalue weighted by atomic mass is 28.4. The van der Waals surface area contributed by atoms with E-state index < -0.39 is 19.1 Å². The number of amides is 1. The van der Waals surface area contributed by atoms with Gasteiger partial charge in [0.15, 0.2) is 19.8 Å². The highest BCUT2D eigenvalue weighted by Crippen LogP contribution is 2.40. The Hall–Kier alpha value is -4.67. The third-order valence-electron chi connectivity index (χ3n) is 8.52. The molecule has 0 atom stereocenters. The number of ether oxygens (including phenoxy) is 2. The van der Waals surface area contributed by atoms with Crippen molar-refractivity contribution in [1.82, 2.24) is 0 Å². The van der Waals surface area contributed by atoms with Crippen LogP contribution < -0.4 is 20.1 Å². The molecule has 236 valence electrons. The van der Waals surface area contributed by atoms with Gasteiger partial charge in [-0.15, -0.1) is 0 Å². The van der Waals surface area contributed by atoms with E-state index in [1.54, 1.807) is 38.5 Å². The third kappa shape index (κ3) is 8.28. The van der Waals surface area contributed by atoms with Gasteiger partial charge in [-0.2, -0.15) is 0 Å². The number of hydrogen-bond acceptors (Lipinski definition) is 7. The number of benzene rings is 4. The maximum Gasteiger partial charge on any atom is 0.292 e. The lowest BCUT2D eigenvalue weighted by molar-refractivity contribution is -0.383. The summed E-state index contributed by atoms with van der Waals surface area (Å²) in [5, 5.41) is 17.7. The van der Waals surface area contributed by atoms with Crippen LogP contribution in [0.1, 0.15) is 41.8 Å². The smallest absolute Gasteiger partial charge is 0.292 e. The van der Waals surface area contributed by atoms with Crippen LogP contribution in [0.5, 0.6) is 11.5 Å². The number of nitrogens with one attached hydrogen (secondary N) is 2. The van der Waals surface area contributed by atoms with Crippen molar-refractivity contribution in [3.8, 4) is 22.6 Å². The van der Waals surface area contributed by atoms with Crippen molar-refractivity contribution in [2.75, 3.05) is 24.9 Å². The van der Waals surface area contributed by atoms with E-state index in [9.17, 15) is 19.7 Å². The van der Waals surface area contributed by atoms with E-state index in [0.717, 1.165) is 40.8 Å². The zero-order chi connectivity index (χ0) is 32.8. The monoisotopic (exact) mass is 627 g/mol. The Morgan fingerprint density at radius 2 is 1.49 bits per heavy atom. The van der Waals surface area contributed by atoms with Crippen LogP contribution in [-0.4, -0.2) is 38.2 Å². The first-order valence-corrected chi connectivity index (χ1v) is 17.7. The Balaban J connectivity index is 1.44. The van der Waals surface area contributed by atoms with Gasteiger partial charge in [-0.1, -0.05) is 50.2 Å². The molecular weight excluding hydrogens is 586 g/mol. The topological polar surface area (TPSA) is 123 Å². The van der Waals surface area contributed by atoms with Crippen LogP contribution in [0.25, 0.3) is 11.1 Å². The minimum absolute atomic E-state index is 0.111. The number of methoxy groups -OCH3 is 2. The molecule has 0 saturated heterocycles. The van der Waals surface area contributed by atoms with Crippen LogP contribution in [-0.2, 0) is 13.0 Å². The number of nitro groups is 1. The molecule has 3 N–H and O–H groups in total. The molecule has 0 fully saturated rings. The minimum Gasteiger partial charge on any atom is -0.493 e. The Morgan fingerprint density at radius 1 is 0.867 bits per heavy atom. The molecular formula is C35H41N3O6Si. The van der Waals surface area contributed by atoms with E-state index in [-0.39, 0.29) is 16.4 Å². The normalized spacial score (nSPS) is 11.5. The number of nitrogens with zero attached hydrogens (tertiary/aromatic N) is 1. The first-order valence-electron chi connectivity index (χ1n) is 14.8. The summed E-state index contributed by atoms with van der Waals surface area (Å²) in [6, 6.07) is 25.4. The van der Waals surface area contributed by atoms with E-state index in [1.165, 1.54) is 6.07 Å². The number of nitro benzene ring substituents is 1. The largest absolute Gasteiger partial charge is 0.493 e. The maximum atomic E-state index is 13.1. The van der Waals surface area contributed by atoms with Crippen molar-refractivity contribution in [3.05, 3.63) is 112 Å². The van der Waals surface area contributed by atoms with Crippen LogP contribution in [0.2, 0.25) is 18.1 Å². The lowest BCUT2D eigenvalue weighted by Gasteiger charge is -2.35. The van der Waals surface area contributed by atoms with Crippen molar-refractivity contribution >= 4 is 31.3 Å². The summed E-state index contributed by atoms with van der Waals surface area (Å²) in [4.78, 5) is 35.0. The lowest BCUT2D eigenvalue weighted by atomic mass is 9.98. The number of aryl methyl sites for hydroxylation is 1. The second kappa shape index (κ2) is 14.0. The minimum atomic E-state index is -2.29. The van der Waals surface area contributed by atoms with Crippen LogP contribution in [0.3, 0.4) is 0 Å². The fourth-order valence-electron chi connectivity index (χ4n) is 4.72. The summed E-state index contributed by atoms with van der Waals surface area (Å²) in [6.07, 6.45) is 1.72. The number of carbonyl (C=O) groups excluding carboxylic acids is 1. The second-order valence-electron chi connectivity index (χ2n) is 12.2. The van der Waals surface area contributed by atoms with Crippen LogP contribution in [0.15, 0.2) is 84.9 Å². The molecule has 4 aromatic carbocycles. The van der Waals surface area contributed by atoms with Crippen LogP contribution in [0.4, 0.5) is 17.1 Å². The molecule has 0 aromatic heterocycles. The maximum absolute atomic E-state index is 13.1. The molecule has 10 heteroatoms. The van der Waals surface area contributed by atoms with Gasteiger partial charge in [-0.3, -0.25) is 14.9 Å². The molecule has 45 heavy (non-hydrogen) atoms. The zero-order valence-corrected chi connectivity index (χ0v) is 27.6. The summed E-state index contributed by atoms with van der Waals surface area (Å²) in [6.45, 7) is 8.69. The first-order chi connectivity index (χ1) is 21.3. The molecule has 0 bridgehead atoms. The highest BCUT2D eigenvalue weighted by Gasteiger charge is 2.37. The predicted molar refractivity (Wildman–Crippen MR) is 182 cm³/mol. The zero-order valence-electron chi connectivity index (χ0n) is 26.6. The molecule has 0 heterocycles. The van der Waals surface area contributed by atoms with Gasteiger partial charge in [0.1, 0.15) is 5.69 Å². The van der Waals surface area contributed by atoms with Crippen molar-refractivity contribution in [1.29, 1.82) is 0 Å². The van der Waals surface area contributed by atoms with E-state index in [4.69, 9.17) is 9.47 Å². The summed E-state index contributed by atoms with van der Waals surface area (Å²) < 4.78 is 10.6. The van der Waals surface area contributed by atoms with E-state index in [1.807, 2.05) is 67.7 Å². The number of rotatable bonds is 13. The average Bonchev–Trinajstić information content (AvgIpc) is 3.02. The van der Waals surface area contributed by atoms with Gasteiger partial charge >= 0.3 is 0 Å². The van der Waals surface area contributed by atoms with Gasteiger partial charge in [-0.25, -0.2) is 0 Å². The fraction of sp³-hybridized carbons (Fsp3) is 0.286. The van der Waals surface area contributed by atoms with E-state index >= 15 is 0 Å². The molecule has 0 aliphatic rings. The molecule has 0 saturated carbocycles. The highest BCUT2D eigenvalue weighted by molar-refractivity contribution is 6.72. The molecule has 9 nitrogen and oxygen atoms in total. The van der Waals surface area contributed by atoms with Gasteiger partial charge in [0.05, 0.1) is 19.1 Å². The Bertz CT molecular complexity index is 1650. The van der Waals surface area contributed by atoms with E-state index in [0.29, 0.717) is 23.6 Å². The third-order valence-corrected chi connectivity index (χ3v) is 12.1. The Kier molecular flexibility index (Phi) is 10.3. The molecule has 0 aliphatic heterocycles. The van der Waals surface area contributed by atoms with E-state index in [2.05, 4.69) is 24.5 Å². The molecule has 4 rings (SSSR count). The molecule has 0 spiro atoms. The van der Waals surface area contributed by atoms with Crippen molar-refractivity contribution in [3.63, 3.8) is 0 Å². The predicted octanol–water partition coefficient (Wildman–Crippen LogP) is 8.05. The van der Waals surface area contributed by atoms with Crippen molar-refractivity contribution in [2.45, 2.75) is 51.4 Å². The van der Waals surface area contributed by atoms with Gasteiger partial charge in [0.2, 0.25) is 0 Å².